The Labute approximate surface area is 265 Å². The molecule has 4 amide bonds. The maximum Gasteiger partial charge on any atom is 0.236 e. The number of rotatable bonds is 6. The van der Waals surface area contributed by atoms with Gasteiger partial charge < -0.3 is 0 Å². The van der Waals surface area contributed by atoms with Gasteiger partial charge in [0.2, 0.25) is 23.6 Å². The van der Waals surface area contributed by atoms with Crippen LogP contribution in [0.3, 0.4) is 0 Å². The van der Waals surface area contributed by atoms with E-state index in [0.717, 1.165) is 22.3 Å². The molecule has 4 atom stereocenters. The zero-order chi connectivity index (χ0) is 32.1. The number of imide groups is 2. The number of hydrogen-bond donors (Lipinski definition) is 0. The molecule has 2 aliphatic heterocycles. The van der Waals surface area contributed by atoms with E-state index in [0.29, 0.717) is 25.9 Å². The number of amides is 4. The van der Waals surface area contributed by atoms with Gasteiger partial charge in [0.05, 0.1) is 23.9 Å². The third kappa shape index (κ3) is 5.31. The van der Waals surface area contributed by atoms with Crippen LogP contribution in [0.5, 0.6) is 0 Å². The predicted molar refractivity (Wildman–Crippen MR) is 166 cm³/mol. The Morgan fingerprint density at radius 2 is 0.870 bits per heavy atom. The lowest BCUT2D eigenvalue weighted by atomic mass is 9.97. The molecular formula is C38H32F2N2O4. The highest BCUT2D eigenvalue weighted by Crippen LogP contribution is 2.66. The summed E-state index contributed by atoms with van der Waals surface area (Å²) in [6.07, 6.45) is 1.88. The van der Waals surface area contributed by atoms with Gasteiger partial charge in [0.15, 0.2) is 0 Å². The Kier molecular flexibility index (Phi) is 7.38. The van der Waals surface area contributed by atoms with Crippen molar-refractivity contribution in [3.05, 3.63) is 143 Å². The molecule has 0 bridgehead atoms. The Morgan fingerprint density at radius 1 is 0.522 bits per heavy atom. The SMILES string of the molecule is O=C1CC2(C[C@H]2c2ccc(F)cc2)C(=O)N1Cc1ccccc1.O=C1C[C@]2(C[C@@H]2c2ccc(F)cc2)C(=O)N1Cc1ccccc1. The fourth-order valence-electron chi connectivity index (χ4n) is 7.24. The molecule has 232 valence electrons. The zero-order valence-corrected chi connectivity index (χ0v) is 25.1. The summed E-state index contributed by atoms with van der Waals surface area (Å²) in [4.78, 5) is 53.0. The number of benzene rings is 4. The first-order valence-corrected chi connectivity index (χ1v) is 15.5. The summed E-state index contributed by atoms with van der Waals surface area (Å²) in [6.45, 7) is 0.660. The monoisotopic (exact) mass is 618 g/mol. The second-order valence-corrected chi connectivity index (χ2v) is 12.8. The molecule has 8 rings (SSSR count). The van der Waals surface area contributed by atoms with Gasteiger partial charge in [0.1, 0.15) is 11.6 Å². The molecule has 0 aromatic heterocycles. The van der Waals surface area contributed by atoms with E-state index in [-0.39, 0.29) is 59.9 Å². The quantitative estimate of drug-likeness (QED) is 0.231. The van der Waals surface area contributed by atoms with Crippen LogP contribution in [0.1, 0.15) is 59.8 Å². The van der Waals surface area contributed by atoms with Crippen LogP contribution in [0, 0.1) is 22.5 Å². The lowest BCUT2D eigenvalue weighted by molar-refractivity contribution is -0.142. The standard InChI is InChI=1S/2C19H16FNO2/c2*20-15-8-6-14(7-9-15)16-10-19(16)11-17(22)21(18(19)23)12-13-4-2-1-3-5-13/h2*1-9,16H,10-12H2/t16-,19?;16-,19+/m01/s1. The van der Waals surface area contributed by atoms with E-state index in [1.54, 1.807) is 24.3 Å². The summed E-state index contributed by atoms with van der Waals surface area (Å²) in [5.41, 5.74) is 2.59. The molecule has 2 aliphatic carbocycles. The van der Waals surface area contributed by atoms with Gasteiger partial charge in [-0.05, 0) is 71.2 Å². The van der Waals surface area contributed by atoms with Gasteiger partial charge in [-0.1, -0.05) is 84.9 Å². The van der Waals surface area contributed by atoms with E-state index >= 15 is 0 Å². The van der Waals surface area contributed by atoms with Crippen molar-refractivity contribution < 1.29 is 28.0 Å². The first kappa shape index (κ1) is 29.7. The lowest BCUT2D eigenvalue weighted by Gasteiger charge is -2.15. The van der Waals surface area contributed by atoms with Crippen LogP contribution in [-0.2, 0) is 32.3 Å². The number of hydrogen-bond acceptors (Lipinski definition) is 4. The third-order valence-electron chi connectivity index (χ3n) is 9.94. The van der Waals surface area contributed by atoms with Crippen molar-refractivity contribution in [2.75, 3.05) is 0 Å². The summed E-state index contributed by atoms with van der Waals surface area (Å²) in [5, 5.41) is 0. The van der Waals surface area contributed by atoms with E-state index in [4.69, 9.17) is 0 Å². The molecule has 6 nitrogen and oxygen atoms in total. The summed E-state index contributed by atoms with van der Waals surface area (Å²) in [7, 11) is 0. The van der Waals surface area contributed by atoms with Crippen LogP contribution in [0.15, 0.2) is 109 Å². The number of nitrogens with zero attached hydrogens (tertiary/aromatic N) is 2. The van der Waals surface area contributed by atoms with E-state index in [2.05, 4.69) is 0 Å². The highest BCUT2D eigenvalue weighted by molar-refractivity contribution is 6.09. The Balaban J connectivity index is 0.000000147. The predicted octanol–water partition coefficient (Wildman–Crippen LogP) is 6.52. The Hall–Kier alpha value is -4.98. The fourth-order valence-corrected chi connectivity index (χ4v) is 7.24. The first-order chi connectivity index (χ1) is 22.2. The molecule has 0 N–H and O–H groups in total. The van der Waals surface area contributed by atoms with Crippen molar-refractivity contribution in [1.82, 2.24) is 9.80 Å². The minimum absolute atomic E-state index is 0.0281. The van der Waals surface area contributed by atoms with Gasteiger partial charge in [-0.25, -0.2) is 8.78 Å². The maximum atomic E-state index is 13.1. The van der Waals surface area contributed by atoms with Gasteiger partial charge in [-0.3, -0.25) is 29.0 Å². The lowest BCUT2D eigenvalue weighted by Crippen LogP contribution is -2.30. The molecule has 4 aliphatic rings. The maximum absolute atomic E-state index is 13.1. The first-order valence-electron chi connectivity index (χ1n) is 15.5. The van der Waals surface area contributed by atoms with Gasteiger partial charge in [-0.2, -0.15) is 0 Å². The molecule has 4 fully saturated rings. The zero-order valence-electron chi connectivity index (χ0n) is 25.1. The highest BCUT2D eigenvalue weighted by Gasteiger charge is 2.68. The van der Waals surface area contributed by atoms with Gasteiger partial charge in [-0.15, -0.1) is 0 Å². The normalized spacial score (nSPS) is 26.1. The van der Waals surface area contributed by atoms with Crippen LogP contribution in [-0.4, -0.2) is 33.4 Å². The van der Waals surface area contributed by atoms with Gasteiger partial charge in [0, 0.05) is 12.8 Å². The third-order valence-corrected chi connectivity index (χ3v) is 9.94. The molecule has 46 heavy (non-hydrogen) atoms. The number of carbonyl (C=O) groups excluding carboxylic acids is 4. The van der Waals surface area contributed by atoms with Gasteiger partial charge in [0.25, 0.3) is 0 Å². The average Bonchev–Trinajstić information content (AvgIpc) is 3.95. The second-order valence-electron chi connectivity index (χ2n) is 12.8. The number of likely N-dealkylation sites (tertiary alicyclic amines) is 2. The van der Waals surface area contributed by atoms with Crippen molar-refractivity contribution in [2.24, 2.45) is 10.8 Å². The molecule has 4 aromatic rings. The number of carbonyl (C=O) groups is 4. The summed E-state index contributed by atoms with van der Waals surface area (Å²) >= 11 is 0. The van der Waals surface area contributed by atoms with E-state index in [1.165, 1.54) is 34.1 Å². The molecule has 8 heteroatoms. The van der Waals surface area contributed by atoms with Crippen molar-refractivity contribution in [3.8, 4) is 0 Å². The Morgan fingerprint density at radius 3 is 1.22 bits per heavy atom. The van der Waals surface area contributed by atoms with Crippen LogP contribution in [0.4, 0.5) is 8.78 Å². The van der Waals surface area contributed by atoms with Crippen LogP contribution >= 0.6 is 0 Å². The summed E-state index contributed by atoms with van der Waals surface area (Å²) < 4.78 is 26.1. The Bertz CT molecular complexity index is 1680. The summed E-state index contributed by atoms with van der Waals surface area (Å²) in [5.74, 6) is -0.903. The van der Waals surface area contributed by atoms with E-state index < -0.39 is 10.8 Å². The average molecular weight is 619 g/mol. The molecule has 2 heterocycles. The highest BCUT2D eigenvalue weighted by atomic mass is 19.1. The number of halogens is 2. The molecule has 2 spiro atoms. The molecular weight excluding hydrogens is 586 g/mol. The largest absolute Gasteiger partial charge is 0.278 e. The van der Waals surface area contributed by atoms with Crippen molar-refractivity contribution >= 4 is 23.6 Å². The summed E-state index contributed by atoms with van der Waals surface area (Å²) in [6, 6.07) is 31.5. The van der Waals surface area contributed by atoms with E-state index in [1.807, 2.05) is 60.7 Å². The smallest absolute Gasteiger partial charge is 0.236 e. The van der Waals surface area contributed by atoms with Crippen molar-refractivity contribution in [1.29, 1.82) is 0 Å². The molecule has 2 saturated carbocycles. The van der Waals surface area contributed by atoms with Gasteiger partial charge >= 0.3 is 0 Å². The minimum Gasteiger partial charge on any atom is -0.278 e. The molecule has 2 saturated heterocycles. The van der Waals surface area contributed by atoms with Crippen LogP contribution < -0.4 is 0 Å². The molecule has 1 unspecified atom stereocenters. The molecule has 4 aromatic carbocycles. The van der Waals surface area contributed by atoms with Crippen LogP contribution in [0.25, 0.3) is 0 Å². The van der Waals surface area contributed by atoms with E-state index in [9.17, 15) is 28.0 Å². The van der Waals surface area contributed by atoms with Crippen LogP contribution in [0.2, 0.25) is 0 Å². The second kappa shape index (κ2) is 11.4. The fraction of sp³-hybridized carbons (Fsp3) is 0.263. The minimum atomic E-state index is -0.594. The molecule has 0 radical (unpaired) electrons. The van der Waals surface area contributed by atoms with Crippen molar-refractivity contribution in [2.45, 2.75) is 50.6 Å². The van der Waals surface area contributed by atoms with Crippen molar-refractivity contribution in [3.63, 3.8) is 0 Å². The topological polar surface area (TPSA) is 74.8 Å².